The molecular weight excluding hydrogens is 276 g/mol. The van der Waals surface area contributed by atoms with Gasteiger partial charge in [-0.1, -0.05) is 0 Å². The van der Waals surface area contributed by atoms with Gasteiger partial charge in [0.15, 0.2) is 0 Å². The Kier molecular flexibility index (Phi) is 3.62. The maximum Gasteiger partial charge on any atom is 0.254 e. The van der Waals surface area contributed by atoms with Gasteiger partial charge in [0, 0.05) is 44.6 Å². The maximum absolute atomic E-state index is 12.2. The topological polar surface area (TPSA) is 66.4 Å². The van der Waals surface area contributed by atoms with Crippen LogP contribution in [0.5, 0.6) is 0 Å². The zero-order chi connectivity index (χ0) is 14.3. The molecule has 112 valence electrons. The van der Waals surface area contributed by atoms with Gasteiger partial charge in [-0.25, -0.2) is 13.4 Å². The van der Waals surface area contributed by atoms with Gasteiger partial charge in [-0.15, -0.1) is 4.83 Å². The molecule has 0 saturated heterocycles. The third kappa shape index (κ3) is 3.22. The van der Waals surface area contributed by atoms with Crippen molar-refractivity contribution in [3.05, 3.63) is 18.0 Å². The maximum atomic E-state index is 12.2. The van der Waals surface area contributed by atoms with E-state index >= 15 is 0 Å². The van der Waals surface area contributed by atoms with Gasteiger partial charge in [0.2, 0.25) is 0 Å². The average Bonchev–Trinajstić information content (AvgIpc) is 3.24. The first-order chi connectivity index (χ1) is 9.45. The summed E-state index contributed by atoms with van der Waals surface area (Å²) in [6.07, 6.45) is 6.53. The molecule has 0 aliphatic heterocycles. The summed E-state index contributed by atoms with van der Waals surface area (Å²) in [6, 6.07) is 2.89. The van der Waals surface area contributed by atoms with Crippen LogP contribution in [0.4, 0.5) is 0 Å². The van der Waals surface area contributed by atoms with Crippen molar-refractivity contribution in [1.29, 1.82) is 0 Å². The number of aromatic nitrogens is 1. The van der Waals surface area contributed by atoms with Crippen LogP contribution >= 0.6 is 0 Å². The van der Waals surface area contributed by atoms with Crippen LogP contribution in [0.15, 0.2) is 17.2 Å². The van der Waals surface area contributed by atoms with Gasteiger partial charge in [-0.05, 0) is 31.7 Å². The van der Waals surface area contributed by atoms with Crippen molar-refractivity contribution >= 4 is 10.0 Å². The van der Waals surface area contributed by atoms with Crippen molar-refractivity contribution in [3.63, 3.8) is 0 Å². The molecule has 2 saturated carbocycles. The van der Waals surface area contributed by atoms with Crippen molar-refractivity contribution in [3.8, 4) is 0 Å². The fourth-order valence-electron chi connectivity index (χ4n) is 2.31. The summed E-state index contributed by atoms with van der Waals surface area (Å²) in [4.78, 5) is 2.84. The molecule has 2 aliphatic rings. The fourth-order valence-corrected chi connectivity index (χ4v) is 3.44. The average molecular weight is 298 g/mol. The fraction of sp³-hybridized carbons (Fsp3) is 0.692. The van der Waals surface area contributed by atoms with E-state index in [2.05, 4.69) is 14.7 Å². The Bertz CT molecular complexity index is 586. The molecule has 1 heterocycles. The van der Waals surface area contributed by atoms with Gasteiger partial charge in [0.05, 0.1) is 0 Å². The third-order valence-corrected chi connectivity index (χ3v) is 5.06. The molecule has 2 N–H and O–H groups in total. The van der Waals surface area contributed by atoms with Crippen molar-refractivity contribution in [2.75, 3.05) is 14.1 Å². The summed E-state index contributed by atoms with van der Waals surface area (Å²) in [5, 5.41) is 4.91. The summed E-state index contributed by atoms with van der Waals surface area (Å²) in [7, 11) is -0.119. The normalized spacial score (nSPS) is 19.8. The van der Waals surface area contributed by atoms with E-state index in [1.807, 2.05) is 0 Å². The highest BCUT2D eigenvalue weighted by Gasteiger charge is 2.29. The number of sulfonamides is 1. The lowest BCUT2D eigenvalue weighted by Gasteiger charge is -2.10. The number of nitrogens with one attached hydrogen (secondary N) is 2. The lowest BCUT2D eigenvalue weighted by Crippen LogP contribution is -2.35. The Morgan fingerprint density at radius 3 is 2.55 bits per heavy atom. The van der Waals surface area contributed by atoms with E-state index in [1.54, 1.807) is 26.4 Å². The van der Waals surface area contributed by atoms with Crippen LogP contribution in [0, 0.1) is 0 Å². The van der Waals surface area contributed by atoms with Gasteiger partial charge in [-0.3, -0.25) is 0 Å². The van der Waals surface area contributed by atoms with Gasteiger partial charge in [-0.2, -0.15) is 0 Å². The smallest absolute Gasteiger partial charge is 0.254 e. The van der Waals surface area contributed by atoms with Gasteiger partial charge in [0.1, 0.15) is 4.90 Å². The summed E-state index contributed by atoms with van der Waals surface area (Å²) >= 11 is 0. The molecule has 0 amide bonds. The van der Waals surface area contributed by atoms with Crippen molar-refractivity contribution < 1.29 is 8.42 Å². The Labute approximate surface area is 120 Å². The van der Waals surface area contributed by atoms with Crippen LogP contribution in [0.3, 0.4) is 0 Å². The van der Waals surface area contributed by atoms with Gasteiger partial charge >= 0.3 is 0 Å². The lowest BCUT2D eigenvalue weighted by molar-refractivity contribution is 0.364. The molecule has 3 rings (SSSR count). The molecule has 0 aromatic carbocycles. The zero-order valence-corrected chi connectivity index (χ0v) is 12.8. The minimum absolute atomic E-state index is 0.352. The van der Waals surface area contributed by atoms with E-state index in [0.717, 1.165) is 25.1 Å². The SMILES string of the molecule is CN(C)NS(=O)(=O)c1cc(CNC2CC2)n(C2CC2)c1. The van der Waals surface area contributed by atoms with E-state index in [4.69, 9.17) is 0 Å². The number of hydrogen-bond donors (Lipinski definition) is 2. The second-order valence-electron chi connectivity index (χ2n) is 5.95. The van der Waals surface area contributed by atoms with Gasteiger partial charge < -0.3 is 9.88 Å². The predicted octanol–water partition coefficient (Wildman–Crippen LogP) is 0.830. The highest BCUT2D eigenvalue weighted by Crippen LogP contribution is 2.37. The second-order valence-corrected chi connectivity index (χ2v) is 7.61. The summed E-state index contributed by atoms with van der Waals surface area (Å²) in [6.45, 7) is 0.749. The molecule has 1 aromatic heterocycles. The number of rotatable bonds is 7. The summed E-state index contributed by atoms with van der Waals surface area (Å²) in [5.74, 6) is 0. The van der Waals surface area contributed by atoms with Crippen LogP contribution in [0.1, 0.15) is 37.4 Å². The molecule has 1 aromatic rings. The molecular formula is C13H22N4O2S. The van der Waals surface area contributed by atoms with E-state index < -0.39 is 10.0 Å². The Morgan fingerprint density at radius 1 is 1.30 bits per heavy atom. The molecule has 20 heavy (non-hydrogen) atoms. The molecule has 0 spiro atoms. The number of hydrogen-bond acceptors (Lipinski definition) is 4. The third-order valence-electron chi connectivity index (χ3n) is 3.61. The molecule has 2 fully saturated rings. The number of hydrazine groups is 1. The first-order valence-corrected chi connectivity index (χ1v) is 8.58. The first-order valence-electron chi connectivity index (χ1n) is 7.09. The first kappa shape index (κ1) is 14.1. The highest BCUT2D eigenvalue weighted by molar-refractivity contribution is 7.89. The summed E-state index contributed by atoms with van der Waals surface area (Å²) in [5.41, 5.74) is 1.07. The monoisotopic (exact) mass is 298 g/mol. The quantitative estimate of drug-likeness (QED) is 0.732. The number of nitrogens with zero attached hydrogens (tertiary/aromatic N) is 2. The van der Waals surface area contributed by atoms with Crippen LogP contribution in [0.25, 0.3) is 0 Å². The van der Waals surface area contributed by atoms with Crippen LogP contribution in [0.2, 0.25) is 0 Å². The van der Waals surface area contributed by atoms with Crippen LogP contribution in [-0.4, -0.2) is 38.1 Å². The lowest BCUT2D eigenvalue weighted by atomic mass is 10.4. The molecule has 0 bridgehead atoms. The largest absolute Gasteiger partial charge is 0.346 e. The Morgan fingerprint density at radius 2 is 2.00 bits per heavy atom. The summed E-state index contributed by atoms with van der Waals surface area (Å²) < 4.78 is 26.6. The zero-order valence-electron chi connectivity index (χ0n) is 12.0. The molecule has 6 nitrogen and oxygen atoms in total. The molecule has 0 unspecified atom stereocenters. The van der Waals surface area contributed by atoms with Crippen LogP contribution < -0.4 is 10.1 Å². The van der Waals surface area contributed by atoms with E-state index in [0.29, 0.717) is 17.0 Å². The minimum Gasteiger partial charge on any atom is -0.346 e. The van der Waals surface area contributed by atoms with Gasteiger partial charge in [0.25, 0.3) is 10.0 Å². The molecule has 0 radical (unpaired) electrons. The Balaban J connectivity index is 1.82. The molecule has 2 aliphatic carbocycles. The Hall–Kier alpha value is -0.890. The predicted molar refractivity (Wildman–Crippen MR) is 76.6 cm³/mol. The minimum atomic E-state index is -3.46. The standard InChI is InChI=1S/C13H22N4O2S/c1-16(2)15-20(18,19)13-7-12(8-14-10-3-4-10)17(9-13)11-5-6-11/h7,9-11,14-15H,3-6,8H2,1-2H3. The van der Waals surface area contributed by atoms with E-state index in [1.165, 1.54) is 17.9 Å². The van der Waals surface area contributed by atoms with Crippen molar-refractivity contribution in [2.45, 2.75) is 49.2 Å². The molecule has 7 heteroatoms. The second kappa shape index (κ2) is 5.14. The van der Waals surface area contributed by atoms with Crippen molar-refractivity contribution in [2.24, 2.45) is 0 Å². The molecule has 0 atom stereocenters. The van der Waals surface area contributed by atoms with Crippen LogP contribution in [-0.2, 0) is 16.6 Å². The van der Waals surface area contributed by atoms with E-state index in [-0.39, 0.29) is 0 Å². The highest BCUT2D eigenvalue weighted by atomic mass is 32.2. The van der Waals surface area contributed by atoms with Crippen molar-refractivity contribution in [1.82, 2.24) is 19.7 Å². The van der Waals surface area contributed by atoms with E-state index in [9.17, 15) is 8.42 Å².